The fraction of sp³-hybridized carbons (Fsp3) is 0.333. The highest BCUT2D eigenvalue weighted by molar-refractivity contribution is 7.19. The van der Waals surface area contributed by atoms with E-state index in [1.54, 1.807) is 6.92 Å². The Hall–Kier alpha value is -1.72. The van der Waals surface area contributed by atoms with Crippen molar-refractivity contribution in [2.75, 3.05) is 11.9 Å². The molecule has 1 aromatic carbocycles. The standard InChI is InChI=1S/C15H18N2O2S/c1-4-19-11(3)13(18)17-14-10(2)16-15(20-14)12-8-6-5-7-9-12/h5-9,11H,4H2,1-3H3,(H,17,18)/t11-/m1/s1. The summed E-state index contributed by atoms with van der Waals surface area (Å²) in [6.07, 6.45) is -0.457. The van der Waals surface area contributed by atoms with Gasteiger partial charge in [-0.05, 0) is 20.8 Å². The first-order chi connectivity index (χ1) is 9.61. The molecule has 1 atom stereocenters. The van der Waals surface area contributed by atoms with Crippen LogP contribution in [0.25, 0.3) is 10.6 Å². The first-order valence-electron chi connectivity index (χ1n) is 6.57. The smallest absolute Gasteiger partial charge is 0.253 e. The van der Waals surface area contributed by atoms with E-state index in [-0.39, 0.29) is 5.91 Å². The van der Waals surface area contributed by atoms with Crippen LogP contribution in [-0.2, 0) is 9.53 Å². The van der Waals surface area contributed by atoms with Crippen molar-refractivity contribution in [1.82, 2.24) is 4.98 Å². The predicted molar refractivity (Wildman–Crippen MR) is 82.0 cm³/mol. The van der Waals surface area contributed by atoms with E-state index in [1.165, 1.54) is 11.3 Å². The molecule has 1 aromatic heterocycles. The molecule has 106 valence electrons. The molecule has 5 heteroatoms. The maximum Gasteiger partial charge on any atom is 0.253 e. The Labute approximate surface area is 122 Å². The third kappa shape index (κ3) is 3.43. The molecule has 0 unspecified atom stereocenters. The Kier molecular flexibility index (Phi) is 4.87. The number of carbonyl (C=O) groups is 1. The third-order valence-electron chi connectivity index (χ3n) is 2.84. The van der Waals surface area contributed by atoms with Gasteiger partial charge in [0.25, 0.3) is 5.91 Å². The number of nitrogens with zero attached hydrogens (tertiary/aromatic N) is 1. The lowest BCUT2D eigenvalue weighted by Gasteiger charge is -2.10. The van der Waals surface area contributed by atoms with E-state index in [0.717, 1.165) is 21.3 Å². The van der Waals surface area contributed by atoms with Gasteiger partial charge in [-0.3, -0.25) is 4.79 Å². The number of anilines is 1. The second-order valence-electron chi connectivity index (χ2n) is 4.39. The Balaban J connectivity index is 2.14. The number of thiazole rings is 1. The topological polar surface area (TPSA) is 51.2 Å². The van der Waals surface area contributed by atoms with Gasteiger partial charge in [-0.15, -0.1) is 0 Å². The van der Waals surface area contributed by atoms with Crippen LogP contribution in [-0.4, -0.2) is 23.6 Å². The number of rotatable bonds is 5. The second kappa shape index (κ2) is 6.63. The number of aromatic nitrogens is 1. The largest absolute Gasteiger partial charge is 0.369 e. The summed E-state index contributed by atoms with van der Waals surface area (Å²) in [4.78, 5) is 16.4. The zero-order chi connectivity index (χ0) is 14.5. The van der Waals surface area contributed by atoms with Crippen LogP contribution in [0.15, 0.2) is 30.3 Å². The zero-order valence-electron chi connectivity index (χ0n) is 11.8. The van der Waals surface area contributed by atoms with Crippen LogP contribution >= 0.6 is 11.3 Å². The van der Waals surface area contributed by atoms with Crippen LogP contribution in [0, 0.1) is 6.92 Å². The minimum Gasteiger partial charge on any atom is -0.369 e. The minimum absolute atomic E-state index is 0.141. The van der Waals surface area contributed by atoms with Crippen molar-refractivity contribution < 1.29 is 9.53 Å². The van der Waals surface area contributed by atoms with E-state index < -0.39 is 6.10 Å². The Morgan fingerprint density at radius 3 is 2.75 bits per heavy atom. The number of benzene rings is 1. The number of hydrogen-bond acceptors (Lipinski definition) is 4. The fourth-order valence-corrected chi connectivity index (χ4v) is 2.73. The Bertz CT molecular complexity index is 581. The average molecular weight is 290 g/mol. The molecule has 0 radical (unpaired) electrons. The van der Waals surface area contributed by atoms with Crippen molar-refractivity contribution in [3.05, 3.63) is 36.0 Å². The lowest BCUT2D eigenvalue weighted by molar-refractivity contribution is -0.126. The highest BCUT2D eigenvalue weighted by atomic mass is 32.1. The van der Waals surface area contributed by atoms with Crippen molar-refractivity contribution in [1.29, 1.82) is 0 Å². The summed E-state index contributed by atoms with van der Waals surface area (Å²) in [5.74, 6) is -0.141. The molecule has 20 heavy (non-hydrogen) atoms. The van der Waals surface area contributed by atoms with Gasteiger partial charge in [0.15, 0.2) is 0 Å². The van der Waals surface area contributed by atoms with Gasteiger partial charge >= 0.3 is 0 Å². The molecule has 0 saturated heterocycles. The number of hydrogen-bond donors (Lipinski definition) is 1. The average Bonchev–Trinajstić information content (AvgIpc) is 2.81. The lowest BCUT2D eigenvalue weighted by Crippen LogP contribution is -2.27. The molecule has 4 nitrogen and oxygen atoms in total. The van der Waals surface area contributed by atoms with Gasteiger partial charge in [-0.2, -0.15) is 0 Å². The molecular formula is C15H18N2O2S. The van der Waals surface area contributed by atoms with E-state index in [2.05, 4.69) is 10.3 Å². The predicted octanol–water partition coefficient (Wildman–Crippen LogP) is 3.48. The van der Waals surface area contributed by atoms with Crippen molar-refractivity contribution in [2.45, 2.75) is 26.9 Å². The van der Waals surface area contributed by atoms with Crippen LogP contribution in [0.3, 0.4) is 0 Å². The molecule has 0 aliphatic carbocycles. The van der Waals surface area contributed by atoms with Gasteiger partial charge < -0.3 is 10.1 Å². The van der Waals surface area contributed by atoms with Gasteiger partial charge in [-0.1, -0.05) is 41.7 Å². The molecular weight excluding hydrogens is 272 g/mol. The molecule has 0 spiro atoms. The van der Waals surface area contributed by atoms with E-state index in [1.807, 2.05) is 44.2 Å². The molecule has 0 aliphatic rings. The molecule has 2 aromatic rings. The van der Waals surface area contributed by atoms with Crippen molar-refractivity contribution >= 4 is 22.2 Å². The van der Waals surface area contributed by atoms with E-state index in [0.29, 0.717) is 6.61 Å². The highest BCUT2D eigenvalue weighted by Gasteiger charge is 2.16. The number of ether oxygens (including phenoxy) is 1. The van der Waals surface area contributed by atoms with Gasteiger partial charge in [0.2, 0.25) is 0 Å². The van der Waals surface area contributed by atoms with E-state index in [9.17, 15) is 4.79 Å². The summed E-state index contributed by atoms with van der Waals surface area (Å²) in [6.45, 7) is 6.03. The summed E-state index contributed by atoms with van der Waals surface area (Å²) in [5, 5.41) is 4.56. The van der Waals surface area contributed by atoms with Crippen LogP contribution in [0.4, 0.5) is 5.00 Å². The van der Waals surface area contributed by atoms with Crippen LogP contribution in [0.5, 0.6) is 0 Å². The van der Waals surface area contributed by atoms with Crippen molar-refractivity contribution in [3.8, 4) is 10.6 Å². The quantitative estimate of drug-likeness (QED) is 0.917. The first-order valence-corrected chi connectivity index (χ1v) is 7.38. The maximum atomic E-state index is 11.9. The summed E-state index contributed by atoms with van der Waals surface area (Å²) < 4.78 is 5.28. The minimum atomic E-state index is -0.457. The van der Waals surface area contributed by atoms with E-state index >= 15 is 0 Å². The van der Waals surface area contributed by atoms with Crippen LogP contribution in [0.1, 0.15) is 19.5 Å². The summed E-state index contributed by atoms with van der Waals surface area (Å²) in [6, 6.07) is 9.93. The van der Waals surface area contributed by atoms with Crippen LogP contribution in [0.2, 0.25) is 0 Å². The second-order valence-corrected chi connectivity index (χ2v) is 5.39. The summed E-state index contributed by atoms with van der Waals surface area (Å²) in [5.41, 5.74) is 1.88. The number of nitrogens with one attached hydrogen (secondary N) is 1. The van der Waals surface area contributed by atoms with Gasteiger partial charge in [0.1, 0.15) is 16.1 Å². The molecule has 1 heterocycles. The zero-order valence-corrected chi connectivity index (χ0v) is 12.7. The normalized spacial score (nSPS) is 12.2. The van der Waals surface area contributed by atoms with Crippen molar-refractivity contribution in [2.24, 2.45) is 0 Å². The lowest BCUT2D eigenvalue weighted by atomic mass is 10.2. The molecule has 0 fully saturated rings. The molecule has 1 N–H and O–H groups in total. The highest BCUT2D eigenvalue weighted by Crippen LogP contribution is 2.31. The SMILES string of the molecule is CCO[C@H](C)C(=O)Nc1sc(-c2ccccc2)nc1C. The van der Waals surface area contributed by atoms with Crippen molar-refractivity contribution in [3.63, 3.8) is 0 Å². The Morgan fingerprint density at radius 2 is 2.10 bits per heavy atom. The van der Waals surface area contributed by atoms with E-state index in [4.69, 9.17) is 4.74 Å². The number of carbonyl (C=O) groups excluding carboxylic acids is 1. The Morgan fingerprint density at radius 1 is 1.40 bits per heavy atom. The third-order valence-corrected chi connectivity index (χ3v) is 3.96. The van der Waals surface area contributed by atoms with Crippen LogP contribution < -0.4 is 5.32 Å². The fourth-order valence-electron chi connectivity index (χ4n) is 1.76. The number of aryl methyl sites for hydroxylation is 1. The first kappa shape index (κ1) is 14.7. The number of amides is 1. The molecule has 0 bridgehead atoms. The molecule has 0 aliphatic heterocycles. The summed E-state index contributed by atoms with van der Waals surface area (Å²) in [7, 11) is 0. The van der Waals surface area contributed by atoms with Gasteiger partial charge in [0, 0.05) is 12.2 Å². The molecule has 0 saturated carbocycles. The molecule has 2 rings (SSSR count). The van der Waals surface area contributed by atoms with Gasteiger partial charge in [-0.25, -0.2) is 4.98 Å². The summed E-state index contributed by atoms with van der Waals surface area (Å²) >= 11 is 1.48. The monoisotopic (exact) mass is 290 g/mol. The van der Waals surface area contributed by atoms with Gasteiger partial charge in [0.05, 0.1) is 5.69 Å². The maximum absolute atomic E-state index is 11.9. The molecule has 1 amide bonds.